The molecule has 0 heterocycles. The Bertz CT molecular complexity index is 328. The summed E-state index contributed by atoms with van der Waals surface area (Å²) >= 11 is 0. The quantitative estimate of drug-likeness (QED) is 0.826. The van der Waals surface area contributed by atoms with Gasteiger partial charge in [0.05, 0.1) is 14.2 Å². The lowest BCUT2D eigenvalue weighted by Gasteiger charge is -2.15. The normalized spacial score (nSPS) is 12.6. The van der Waals surface area contributed by atoms with E-state index in [1.54, 1.807) is 14.2 Å². The van der Waals surface area contributed by atoms with Gasteiger partial charge in [0.2, 0.25) is 0 Å². The Hall–Kier alpha value is -1.22. The van der Waals surface area contributed by atoms with Gasteiger partial charge < -0.3 is 15.2 Å². The van der Waals surface area contributed by atoms with E-state index in [1.165, 1.54) is 0 Å². The molecule has 1 rings (SSSR count). The predicted octanol–water partition coefficient (Wildman–Crippen LogP) is 3.14. The lowest BCUT2D eigenvalue weighted by molar-refractivity contribution is 0.392. The van der Waals surface area contributed by atoms with Crippen molar-refractivity contribution in [1.29, 1.82) is 0 Å². The van der Waals surface area contributed by atoms with E-state index in [-0.39, 0.29) is 6.04 Å². The number of hydrogen-bond donors (Lipinski definition) is 1. The smallest absolute Gasteiger partial charge is 0.122 e. The first-order valence-electron chi connectivity index (χ1n) is 6.05. The maximum atomic E-state index is 6.18. The van der Waals surface area contributed by atoms with Crippen LogP contribution in [-0.4, -0.2) is 14.2 Å². The monoisotopic (exact) mass is 237 g/mol. The third-order valence-electron chi connectivity index (χ3n) is 2.86. The van der Waals surface area contributed by atoms with Crippen LogP contribution in [0.15, 0.2) is 18.2 Å². The summed E-state index contributed by atoms with van der Waals surface area (Å²) in [5.41, 5.74) is 7.25. The van der Waals surface area contributed by atoms with Crippen molar-refractivity contribution in [3.63, 3.8) is 0 Å². The summed E-state index contributed by atoms with van der Waals surface area (Å²) in [4.78, 5) is 0. The highest BCUT2D eigenvalue weighted by molar-refractivity contribution is 5.39. The fourth-order valence-electron chi connectivity index (χ4n) is 1.72. The van der Waals surface area contributed by atoms with Crippen LogP contribution in [0.1, 0.15) is 38.3 Å². The molecule has 0 radical (unpaired) electrons. The van der Waals surface area contributed by atoms with Crippen LogP contribution >= 0.6 is 0 Å². The molecule has 3 nitrogen and oxygen atoms in total. The van der Waals surface area contributed by atoms with E-state index in [0.29, 0.717) is 5.92 Å². The fraction of sp³-hybridized carbons (Fsp3) is 0.571. The van der Waals surface area contributed by atoms with Gasteiger partial charge in [-0.3, -0.25) is 0 Å². The molecule has 0 aliphatic rings. The third-order valence-corrected chi connectivity index (χ3v) is 2.86. The molecule has 2 N–H and O–H groups in total. The zero-order valence-electron chi connectivity index (χ0n) is 11.2. The Morgan fingerprint density at radius 3 is 1.94 bits per heavy atom. The van der Waals surface area contributed by atoms with Crippen molar-refractivity contribution in [2.24, 2.45) is 11.7 Å². The molecule has 0 aromatic heterocycles. The van der Waals surface area contributed by atoms with Crippen molar-refractivity contribution in [2.45, 2.75) is 32.7 Å². The molecule has 0 aliphatic carbocycles. The van der Waals surface area contributed by atoms with Crippen LogP contribution in [-0.2, 0) is 0 Å². The average molecular weight is 237 g/mol. The molecule has 0 unspecified atom stereocenters. The SMILES string of the molecule is COc1cc(OC)cc([C@H](N)CCC(C)C)c1. The summed E-state index contributed by atoms with van der Waals surface area (Å²) in [6.45, 7) is 4.41. The number of hydrogen-bond acceptors (Lipinski definition) is 3. The maximum Gasteiger partial charge on any atom is 0.122 e. The maximum absolute atomic E-state index is 6.18. The first-order valence-corrected chi connectivity index (χ1v) is 6.05. The minimum atomic E-state index is 0.0430. The fourth-order valence-corrected chi connectivity index (χ4v) is 1.72. The van der Waals surface area contributed by atoms with E-state index in [4.69, 9.17) is 15.2 Å². The van der Waals surface area contributed by atoms with Gasteiger partial charge in [-0.1, -0.05) is 13.8 Å². The van der Waals surface area contributed by atoms with Crippen molar-refractivity contribution >= 4 is 0 Å². The van der Waals surface area contributed by atoms with Crippen LogP contribution in [0.4, 0.5) is 0 Å². The molecule has 3 heteroatoms. The highest BCUT2D eigenvalue weighted by Crippen LogP contribution is 2.27. The van der Waals surface area contributed by atoms with Crippen molar-refractivity contribution < 1.29 is 9.47 Å². The minimum absolute atomic E-state index is 0.0430. The molecule has 0 saturated carbocycles. The second-order valence-electron chi connectivity index (χ2n) is 4.72. The van der Waals surface area contributed by atoms with Crippen LogP contribution in [0, 0.1) is 5.92 Å². The van der Waals surface area contributed by atoms with Crippen LogP contribution in [0.2, 0.25) is 0 Å². The molecule has 0 aliphatic heterocycles. The molecule has 1 aromatic rings. The molecule has 0 amide bonds. The Kier molecular flexibility index (Phi) is 5.29. The standard InChI is InChI=1S/C14H23NO2/c1-10(2)5-6-14(15)11-7-12(16-3)9-13(8-11)17-4/h7-10,14H,5-6,15H2,1-4H3/t14-/m1/s1. The van der Waals surface area contributed by atoms with Gasteiger partial charge in [-0.2, -0.15) is 0 Å². The lowest BCUT2D eigenvalue weighted by Crippen LogP contribution is -2.11. The van der Waals surface area contributed by atoms with E-state index >= 15 is 0 Å². The van der Waals surface area contributed by atoms with Gasteiger partial charge >= 0.3 is 0 Å². The van der Waals surface area contributed by atoms with Gasteiger partial charge in [0, 0.05) is 12.1 Å². The number of rotatable bonds is 6. The Morgan fingerprint density at radius 2 is 1.53 bits per heavy atom. The van der Waals surface area contributed by atoms with Gasteiger partial charge in [0.1, 0.15) is 11.5 Å². The van der Waals surface area contributed by atoms with Crippen LogP contribution < -0.4 is 15.2 Å². The topological polar surface area (TPSA) is 44.5 Å². The Morgan fingerprint density at radius 1 is 1.00 bits per heavy atom. The zero-order chi connectivity index (χ0) is 12.8. The largest absolute Gasteiger partial charge is 0.497 e. The molecular formula is C14H23NO2. The molecule has 0 spiro atoms. The summed E-state index contributed by atoms with van der Waals surface area (Å²) in [7, 11) is 3.30. The Balaban J connectivity index is 2.80. The van der Waals surface area contributed by atoms with Crippen LogP contribution in [0.3, 0.4) is 0 Å². The summed E-state index contributed by atoms with van der Waals surface area (Å²) in [5, 5.41) is 0. The molecule has 1 aromatic carbocycles. The van der Waals surface area contributed by atoms with Crippen molar-refractivity contribution in [3.05, 3.63) is 23.8 Å². The summed E-state index contributed by atoms with van der Waals surface area (Å²) in [6, 6.07) is 5.86. The number of nitrogens with two attached hydrogens (primary N) is 1. The summed E-state index contributed by atoms with van der Waals surface area (Å²) in [6.07, 6.45) is 2.11. The number of benzene rings is 1. The van der Waals surface area contributed by atoms with E-state index in [0.717, 1.165) is 29.9 Å². The molecule has 17 heavy (non-hydrogen) atoms. The molecule has 0 saturated heterocycles. The van der Waals surface area contributed by atoms with Crippen LogP contribution in [0.25, 0.3) is 0 Å². The molecule has 96 valence electrons. The first kappa shape index (κ1) is 13.8. The lowest BCUT2D eigenvalue weighted by atomic mass is 9.98. The van der Waals surface area contributed by atoms with E-state index in [1.807, 2.05) is 18.2 Å². The Labute approximate surface area is 104 Å². The van der Waals surface area contributed by atoms with Gasteiger partial charge in [0.25, 0.3) is 0 Å². The summed E-state index contributed by atoms with van der Waals surface area (Å²) in [5.74, 6) is 2.26. The number of methoxy groups -OCH3 is 2. The van der Waals surface area contributed by atoms with Crippen LogP contribution in [0.5, 0.6) is 11.5 Å². The van der Waals surface area contributed by atoms with Crippen molar-refractivity contribution in [3.8, 4) is 11.5 Å². The minimum Gasteiger partial charge on any atom is -0.497 e. The predicted molar refractivity (Wildman–Crippen MR) is 70.5 cm³/mol. The van der Waals surface area contributed by atoms with Crippen molar-refractivity contribution in [2.75, 3.05) is 14.2 Å². The van der Waals surface area contributed by atoms with E-state index in [9.17, 15) is 0 Å². The number of ether oxygens (including phenoxy) is 2. The highest BCUT2D eigenvalue weighted by atomic mass is 16.5. The zero-order valence-corrected chi connectivity index (χ0v) is 11.2. The van der Waals surface area contributed by atoms with Gasteiger partial charge in [0.15, 0.2) is 0 Å². The molecule has 0 bridgehead atoms. The molecule has 0 fully saturated rings. The first-order chi connectivity index (χ1) is 8.06. The van der Waals surface area contributed by atoms with E-state index in [2.05, 4.69) is 13.8 Å². The molecular weight excluding hydrogens is 214 g/mol. The van der Waals surface area contributed by atoms with Gasteiger partial charge in [-0.05, 0) is 36.5 Å². The second kappa shape index (κ2) is 6.50. The van der Waals surface area contributed by atoms with E-state index < -0.39 is 0 Å². The summed E-state index contributed by atoms with van der Waals surface area (Å²) < 4.78 is 10.5. The van der Waals surface area contributed by atoms with Gasteiger partial charge in [-0.25, -0.2) is 0 Å². The van der Waals surface area contributed by atoms with Crippen molar-refractivity contribution in [1.82, 2.24) is 0 Å². The second-order valence-corrected chi connectivity index (χ2v) is 4.72. The molecule has 1 atom stereocenters. The third kappa shape index (κ3) is 4.27. The van der Waals surface area contributed by atoms with Gasteiger partial charge in [-0.15, -0.1) is 0 Å². The highest BCUT2D eigenvalue weighted by Gasteiger charge is 2.10. The average Bonchev–Trinajstić information content (AvgIpc) is 2.34.